The molecular formula is C14H15Cl3N2. The van der Waals surface area contributed by atoms with Crippen LogP contribution in [0.4, 0.5) is 0 Å². The van der Waals surface area contributed by atoms with E-state index in [1.54, 1.807) is 4.68 Å². The van der Waals surface area contributed by atoms with Gasteiger partial charge in [0.05, 0.1) is 17.3 Å². The molecule has 0 aliphatic heterocycles. The van der Waals surface area contributed by atoms with E-state index in [9.17, 15) is 0 Å². The third kappa shape index (κ3) is 2.76. The predicted molar refractivity (Wildman–Crippen MR) is 82.0 cm³/mol. The summed E-state index contributed by atoms with van der Waals surface area (Å²) in [5.74, 6) is 0.625. The highest BCUT2D eigenvalue weighted by molar-refractivity contribution is 6.32. The maximum atomic E-state index is 6.37. The molecule has 0 amide bonds. The maximum Gasteiger partial charge on any atom is 0.137 e. The average molecular weight is 318 g/mol. The van der Waals surface area contributed by atoms with Gasteiger partial charge in [-0.15, -0.1) is 11.6 Å². The third-order valence-electron chi connectivity index (χ3n) is 3.03. The Bertz CT molecular complexity index is 603. The van der Waals surface area contributed by atoms with E-state index in [-0.39, 0.29) is 5.92 Å². The Labute approximate surface area is 128 Å². The maximum absolute atomic E-state index is 6.37. The van der Waals surface area contributed by atoms with Crippen LogP contribution in [0.5, 0.6) is 0 Å². The quantitative estimate of drug-likeness (QED) is 0.698. The number of hydrogen-bond acceptors (Lipinski definition) is 1. The second kappa shape index (κ2) is 5.74. The van der Waals surface area contributed by atoms with Gasteiger partial charge in [0.1, 0.15) is 5.15 Å². The zero-order valence-corrected chi connectivity index (χ0v) is 13.3. The monoisotopic (exact) mass is 316 g/mol. The normalized spacial score (nSPS) is 11.3. The molecule has 0 bridgehead atoms. The van der Waals surface area contributed by atoms with Gasteiger partial charge in [-0.3, -0.25) is 0 Å². The van der Waals surface area contributed by atoms with Crippen LogP contribution in [0.2, 0.25) is 10.2 Å². The van der Waals surface area contributed by atoms with Crippen molar-refractivity contribution in [3.63, 3.8) is 0 Å². The van der Waals surface area contributed by atoms with Crippen LogP contribution in [-0.2, 0) is 5.88 Å². The van der Waals surface area contributed by atoms with Gasteiger partial charge >= 0.3 is 0 Å². The van der Waals surface area contributed by atoms with Gasteiger partial charge in [0.2, 0.25) is 0 Å². The Morgan fingerprint density at radius 2 is 1.95 bits per heavy atom. The van der Waals surface area contributed by atoms with Crippen molar-refractivity contribution in [1.82, 2.24) is 9.78 Å². The summed E-state index contributed by atoms with van der Waals surface area (Å²) in [5, 5.41) is 5.81. The van der Waals surface area contributed by atoms with Crippen molar-refractivity contribution >= 4 is 34.8 Å². The lowest BCUT2D eigenvalue weighted by atomic mass is 10.1. The van der Waals surface area contributed by atoms with Crippen LogP contribution in [-0.4, -0.2) is 9.78 Å². The van der Waals surface area contributed by atoms with Crippen LogP contribution in [0.3, 0.4) is 0 Å². The van der Waals surface area contributed by atoms with Gasteiger partial charge in [0.25, 0.3) is 0 Å². The minimum absolute atomic E-state index is 0.272. The standard InChI is InChI=1S/C14H15Cl3N2/c1-8(2)13-11(7-15)14(17)19(18-13)10-5-4-9(3)12(16)6-10/h4-6,8H,7H2,1-3H3. The fourth-order valence-corrected chi connectivity index (χ4v) is 2.72. The molecule has 1 aromatic carbocycles. The smallest absolute Gasteiger partial charge is 0.137 e. The molecule has 0 unspecified atom stereocenters. The molecule has 19 heavy (non-hydrogen) atoms. The molecule has 2 nitrogen and oxygen atoms in total. The summed E-state index contributed by atoms with van der Waals surface area (Å²) in [6.07, 6.45) is 0. The van der Waals surface area contributed by atoms with E-state index in [1.165, 1.54) is 0 Å². The molecule has 0 aliphatic carbocycles. The van der Waals surface area contributed by atoms with Crippen molar-refractivity contribution in [3.05, 3.63) is 45.2 Å². The van der Waals surface area contributed by atoms with E-state index in [2.05, 4.69) is 18.9 Å². The van der Waals surface area contributed by atoms with Gasteiger partial charge < -0.3 is 0 Å². The largest absolute Gasteiger partial charge is 0.222 e. The molecule has 102 valence electrons. The van der Waals surface area contributed by atoms with Gasteiger partial charge in [-0.2, -0.15) is 5.10 Å². The fraction of sp³-hybridized carbons (Fsp3) is 0.357. The molecule has 0 atom stereocenters. The highest BCUT2D eigenvalue weighted by Crippen LogP contribution is 2.30. The predicted octanol–water partition coefficient (Wildman–Crippen LogP) is 5.35. The molecule has 0 N–H and O–H groups in total. The van der Waals surface area contributed by atoms with Crippen molar-refractivity contribution in [3.8, 4) is 5.69 Å². The van der Waals surface area contributed by atoms with E-state index in [0.717, 1.165) is 22.5 Å². The summed E-state index contributed by atoms with van der Waals surface area (Å²) in [6, 6.07) is 5.76. The number of hydrogen-bond donors (Lipinski definition) is 0. The first-order valence-electron chi connectivity index (χ1n) is 6.05. The second-order valence-electron chi connectivity index (χ2n) is 4.79. The van der Waals surface area contributed by atoms with Gasteiger partial charge in [0.15, 0.2) is 0 Å². The molecule has 1 heterocycles. The van der Waals surface area contributed by atoms with Gasteiger partial charge in [-0.1, -0.05) is 43.1 Å². The van der Waals surface area contributed by atoms with E-state index in [0.29, 0.717) is 16.1 Å². The molecular weight excluding hydrogens is 303 g/mol. The number of benzene rings is 1. The number of aromatic nitrogens is 2. The first-order chi connectivity index (χ1) is 8.95. The zero-order valence-electron chi connectivity index (χ0n) is 11.0. The van der Waals surface area contributed by atoms with E-state index in [4.69, 9.17) is 34.8 Å². The lowest BCUT2D eigenvalue weighted by molar-refractivity contribution is 0.765. The lowest BCUT2D eigenvalue weighted by Gasteiger charge is -2.05. The van der Waals surface area contributed by atoms with Gasteiger partial charge in [-0.25, -0.2) is 4.68 Å². The second-order valence-corrected chi connectivity index (χ2v) is 5.82. The fourth-order valence-electron chi connectivity index (χ4n) is 1.92. The Hall–Kier alpha value is -0.700. The number of rotatable bonds is 3. The van der Waals surface area contributed by atoms with Crippen LogP contribution in [0.1, 0.15) is 36.6 Å². The van der Waals surface area contributed by atoms with Crippen LogP contribution >= 0.6 is 34.8 Å². The summed E-state index contributed by atoms with van der Waals surface area (Å²) in [6.45, 7) is 6.10. The van der Waals surface area contributed by atoms with Crippen LogP contribution < -0.4 is 0 Å². The molecule has 0 saturated heterocycles. The molecule has 0 spiro atoms. The van der Waals surface area contributed by atoms with Crippen molar-refractivity contribution in [2.45, 2.75) is 32.6 Å². The van der Waals surface area contributed by atoms with Crippen molar-refractivity contribution in [1.29, 1.82) is 0 Å². The Morgan fingerprint density at radius 1 is 1.26 bits per heavy atom. The van der Waals surface area contributed by atoms with Gasteiger partial charge in [-0.05, 0) is 30.5 Å². The Kier molecular flexibility index (Phi) is 4.44. The molecule has 2 rings (SSSR count). The summed E-state index contributed by atoms with van der Waals surface area (Å²) < 4.78 is 1.69. The van der Waals surface area contributed by atoms with Crippen molar-refractivity contribution in [2.75, 3.05) is 0 Å². The minimum atomic E-state index is 0.272. The lowest BCUT2D eigenvalue weighted by Crippen LogP contribution is -1.98. The van der Waals surface area contributed by atoms with Crippen molar-refractivity contribution < 1.29 is 0 Å². The topological polar surface area (TPSA) is 17.8 Å². The third-order valence-corrected chi connectivity index (χ3v) is 4.10. The number of halogens is 3. The number of aryl methyl sites for hydroxylation is 1. The van der Waals surface area contributed by atoms with E-state index in [1.807, 2.05) is 25.1 Å². The zero-order chi connectivity index (χ0) is 14.2. The van der Waals surface area contributed by atoms with Crippen molar-refractivity contribution in [2.24, 2.45) is 0 Å². The number of alkyl halides is 1. The van der Waals surface area contributed by atoms with E-state index < -0.39 is 0 Å². The molecule has 0 saturated carbocycles. The molecule has 1 aromatic heterocycles. The Morgan fingerprint density at radius 3 is 2.42 bits per heavy atom. The summed E-state index contributed by atoms with van der Waals surface area (Å²) in [4.78, 5) is 0. The number of nitrogens with zero attached hydrogens (tertiary/aromatic N) is 2. The highest BCUT2D eigenvalue weighted by Gasteiger charge is 2.19. The molecule has 0 radical (unpaired) electrons. The minimum Gasteiger partial charge on any atom is -0.222 e. The molecule has 5 heteroatoms. The summed E-state index contributed by atoms with van der Waals surface area (Å²) >= 11 is 18.5. The van der Waals surface area contributed by atoms with E-state index >= 15 is 0 Å². The van der Waals surface area contributed by atoms with Crippen LogP contribution in [0.15, 0.2) is 18.2 Å². The molecule has 0 aliphatic rings. The average Bonchev–Trinajstić information content (AvgIpc) is 2.70. The molecule has 2 aromatic rings. The summed E-state index contributed by atoms with van der Waals surface area (Å²) in [7, 11) is 0. The highest BCUT2D eigenvalue weighted by atomic mass is 35.5. The molecule has 0 fully saturated rings. The SMILES string of the molecule is Cc1ccc(-n2nc(C(C)C)c(CCl)c2Cl)cc1Cl. The summed E-state index contributed by atoms with van der Waals surface area (Å²) in [5.41, 5.74) is 3.68. The first kappa shape index (κ1) is 14.7. The van der Waals surface area contributed by atoms with Crippen LogP contribution in [0.25, 0.3) is 5.69 Å². The Balaban J connectivity index is 2.59. The van der Waals surface area contributed by atoms with Gasteiger partial charge in [0, 0.05) is 10.6 Å². The van der Waals surface area contributed by atoms with Crippen LogP contribution in [0, 0.1) is 6.92 Å². The first-order valence-corrected chi connectivity index (χ1v) is 7.34.